The standard InChI is InChI=1S/C16H18N2O/c1-12-8-10-14(11-9-12)18-17-13(2)15-6-4-5-7-16(15)19-3/h4-11,18H,1-3H3/b17-13-. The van der Waals surface area contributed by atoms with Crippen molar-refractivity contribution in [1.82, 2.24) is 0 Å². The Morgan fingerprint density at radius 1 is 1.05 bits per heavy atom. The molecule has 2 rings (SSSR count). The Kier molecular flexibility index (Phi) is 4.18. The first kappa shape index (κ1) is 13.1. The number of para-hydroxylation sites is 1. The summed E-state index contributed by atoms with van der Waals surface area (Å²) in [6, 6.07) is 16.0. The number of ether oxygens (including phenoxy) is 1. The van der Waals surface area contributed by atoms with Crippen molar-refractivity contribution in [3.8, 4) is 5.75 Å². The van der Waals surface area contributed by atoms with Crippen LogP contribution in [-0.4, -0.2) is 12.8 Å². The summed E-state index contributed by atoms with van der Waals surface area (Å²) >= 11 is 0. The van der Waals surface area contributed by atoms with Crippen molar-refractivity contribution in [1.29, 1.82) is 0 Å². The highest BCUT2D eigenvalue weighted by molar-refractivity contribution is 6.01. The van der Waals surface area contributed by atoms with Crippen LogP contribution in [0.2, 0.25) is 0 Å². The summed E-state index contributed by atoms with van der Waals surface area (Å²) in [7, 11) is 1.67. The van der Waals surface area contributed by atoms with Crippen LogP contribution in [-0.2, 0) is 0 Å². The van der Waals surface area contributed by atoms with Crippen LogP contribution in [0.15, 0.2) is 53.6 Å². The average Bonchev–Trinajstić information content (AvgIpc) is 2.46. The number of rotatable bonds is 4. The summed E-state index contributed by atoms with van der Waals surface area (Å²) in [5, 5.41) is 4.39. The summed E-state index contributed by atoms with van der Waals surface area (Å²) in [4.78, 5) is 0. The number of hydrogen-bond acceptors (Lipinski definition) is 3. The van der Waals surface area contributed by atoms with Gasteiger partial charge in [-0.2, -0.15) is 5.10 Å². The zero-order chi connectivity index (χ0) is 13.7. The zero-order valence-corrected chi connectivity index (χ0v) is 11.5. The molecule has 1 N–H and O–H groups in total. The number of nitrogens with one attached hydrogen (secondary N) is 1. The van der Waals surface area contributed by atoms with E-state index in [-0.39, 0.29) is 0 Å². The predicted octanol–water partition coefficient (Wildman–Crippen LogP) is 3.84. The van der Waals surface area contributed by atoms with Gasteiger partial charge in [0.1, 0.15) is 5.75 Å². The summed E-state index contributed by atoms with van der Waals surface area (Å²) < 4.78 is 5.33. The first-order valence-corrected chi connectivity index (χ1v) is 6.21. The van der Waals surface area contributed by atoms with Gasteiger partial charge in [0.2, 0.25) is 0 Å². The molecule has 0 fully saturated rings. The van der Waals surface area contributed by atoms with Crippen LogP contribution in [0.3, 0.4) is 0 Å². The molecule has 0 radical (unpaired) electrons. The number of benzene rings is 2. The number of methoxy groups -OCH3 is 1. The van der Waals surface area contributed by atoms with Crippen LogP contribution in [0.5, 0.6) is 5.75 Å². The second-order valence-corrected chi connectivity index (χ2v) is 4.38. The smallest absolute Gasteiger partial charge is 0.127 e. The number of anilines is 1. The second-order valence-electron chi connectivity index (χ2n) is 4.38. The minimum absolute atomic E-state index is 0.828. The zero-order valence-electron chi connectivity index (χ0n) is 11.5. The van der Waals surface area contributed by atoms with E-state index in [1.54, 1.807) is 7.11 Å². The molecular weight excluding hydrogens is 236 g/mol. The molecule has 0 saturated carbocycles. The number of hydrogen-bond donors (Lipinski definition) is 1. The van der Waals surface area contributed by atoms with Gasteiger partial charge in [-0.15, -0.1) is 0 Å². The van der Waals surface area contributed by atoms with E-state index in [0.29, 0.717) is 0 Å². The van der Waals surface area contributed by atoms with Crippen LogP contribution in [0.1, 0.15) is 18.1 Å². The van der Waals surface area contributed by atoms with Gasteiger partial charge in [0.25, 0.3) is 0 Å². The Morgan fingerprint density at radius 3 is 2.42 bits per heavy atom. The Labute approximate surface area is 113 Å². The molecule has 2 aromatic rings. The molecule has 2 aromatic carbocycles. The number of nitrogens with zero attached hydrogens (tertiary/aromatic N) is 1. The fourth-order valence-corrected chi connectivity index (χ4v) is 1.78. The lowest BCUT2D eigenvalue weighted by Gasteiger charge is -2.08. The molecule has 0 saturated heterocycles. The van der Waals surface area contributed by atoms with Crippen LogP contribution in [0.4, 0.5) is 5.69 Å². The fourth-order valence-electron chi connectivity index (χ4n) is 1.78. The molecule has 0 spiro atoms. The highest BCUT2D eigenvalue weighted by Crippen LogP contribution is 2.18. The lowest BCUT2D eigenvalue weighted by Crippen LogP contribution is -2.02. The molecule has 0 aliphatic rings. The van der Waals surface area contributed by atoms with Crippen molar-refractivity contribution in [2.24, 2.45) is 5.10 Å². The highest BCUT2D eigenvalue weighted by Gasteiger charge is 2.04. The van der Waals surface area contributed by atoms with Gasteiger partial charge in [0, 0.05) is 5.56 Å². The largest absolute Gasteiger partial charge is 0.496 e. The van der Waals surface area contributed by atoms with Gasteiger partial charge in [0.15, 0.2) is 0 Å². The van der Waals surface area contributed by atoms with E-state index in [2.05, 4.69) is 29.6 Å². The lowest BCUT2D eigenvalue weighted by atomic mass is 10.1. The minimum Gasteiger partial charge on any atom is -0.496 e. The maximum absolute atomic E-state index is 5.33. The minimum atomic E-state index is 0.828. The molecule has 0 atom stereocenters. The molecule has 0 aliphatic carbocycles. The van der Waals surface area contributed by atoms with E-state index in [9.17, 15) is 0 Å². The summed E-state index contributed by atoms with van der Waals surface area (Å²) in [5.74, 6) is 0.828. The number of aryl methyl sites for hydroxylation is 1. The SMILES string of the molecule is COc1ccccc1/C(C)=N\Nc1ccc(C)cc1. The molecule has 0 aromatic heterocycles. The predicted molar refractivity (Wildman–Crippen MR) is 80.0 cm³/mol. The number of hydrazone groups is 1. The third-order valence-corrected chi connectivity index (χ3v) is 2.90. The molecule has 98 valence electrons. The van der Waals surface area contributed by atoms with Gasteiger partial charge in [-0.25, -0.2) is 0 Å². The van der Waals surface area contributed by atoms with Gasteiger partial charge in [-0.3, -0.25) is 5.43 Å². The van der Waals surface area contributed by atoms with E-state index in [0.717, 1.165) is 22.7 Å². The summed E-state index contributed by atoms with van der Waals surface area (Å²) in [6.45, 7) is 4.02. The van der Waals surface area contributed by atoms with Gasteiger partial charge in [-0.1, -0.05) is 29.8 Å². The van der Waals surface area contributed by atoms with E-state index in [4.69, 9.17) is 4.74 Å². The third-order valence-electron chi connectivity index (χ3n) is 2.90. The Hall–Kier alpha value is -2.29. The van der Waals surface area contributed by atoms with Crippen LogP contribution in [0, 0.1) is 6.92 Å². The van der Waals surface area contributed by atoms with Crippen molar-refractivity contribution >= 4 is 11.4 Å². The van der Waals surface area contributed by atoms with E-state index in [1.165, 1.54) is 5.56 Å². The Morgan fingerprint density at radius 2 is 1.74 bits per heavy atom. The molecule has 0 bridgehead atoms. The van der Waals surface area contributed by atoms with Crippen molar-refractivity contribution in [2.75, 3.05) is 12.5 Å². The van der Waals surface area contributed by atoms with Gasteiger partial charge in [0.05, 0.1) is 18.5 Å². The molecule has 0 heterocycles. The van der Waals surface area contributed by atoms with Gasteiger partial charge in [-0.05, 0) is 38.1 Å². The first-order chi connectivity index (χ1) is 9.20. The lowest BCUT2D eigenvalue weighted by molar-refractivity contribution is 0.414. The molecule has 3 heteroatoms. The van der Waals surface area contributed by atoms with Crippen LogP contribution in [0.25, 0.3) is 0 Å². The van der Waals surface area contributed by atoms with Crippen LogP contribution < -0.4 is 10.2 Å². The Bertz CT molecular complexity index is 574. The normalized spacial score (nSPS) is 11.2. The summed E-state index contributed by atoms with van der Waals surface area (Å²) in [5.41, 5.74) is 7.14. The van der Waals surface area contributed by atoms with Gasteiger partial charge >= 0.3 is 0 Å². The highest BCUT2D eigenvalue weighted by atomic mass is 16.5. The Balaban J connectivity index is 2.16. The maximum atomic E-state index is 5.33. The first-order valence-electron chi connectivity index (χ1n) is 6.21. The van der Waals surface area contributed by atoms with Crippen molar-refractivity contribution in [3.63, 3.8) is 0 Å². The van der Waals surface area contributed by atoms with E-state index in [1.807, 2.05) is 43.3 Å². The van der Waals surface area contributed by atoms with Crippen molar-refractivity contribution < 1.29 is 4.74 Å². The molecule has 19 heavy (non-hydrogen) atoms. The maximum Gasteiger partial charge on any atom is 0.127 e. The molecule has 0 amide bonds. The molecular formula is C16H18N2O. The van der Waals surface area contributed by atoms with E-state index < -0.39 is 0 Å². The molecule has 0 aliphatic heterocycles. The molecule has 0 unspecified atom stereocenters. The monoisotopic (exact) mass is 254 g/mol. The second kappa shape index (κ2) is 6.05. The van der Waals surface area contributed by atoms with Crippen molar-refractivity contribution in [2.45, 2.75) is 13.8 Å². The summed E-state index contributed by atoms with van der Waals surface area (Å²) in [6.07, 6.45) is 0. The average molecular weight is 254 g/mol. The fraction of sp³-hybridized carbons (Fsp3) is 0.188. The topological polar surface area (TPSA) is 33.6 Å². The van der Waals surface area contributed by atoms with E-state index >= 15 is 0 Å². The van der Waals surface area contributed by atoms with Gasteiger partial charge < -0.3 is 4.74 Å². The molecule has 3 nitrogen and oxygen atoms in total. The van der Waals surface area contributed by atoms with Crippen molar-refractivity contribution in [3.05, 3.63) is 59.7 Å². The van der Waals surface area contributed by atoms with Crippen LogP contribution >= 0.6 is 0 Å². The third kappa shape index (κ3) is 3.35. The quantitative estimate of drug-likeness (QED) is 0.664.